The van der Waals surface area contributed by atoms with Crippen molar-refractivity contribution >= 4 is 179 Å². The second-order valence-electron chi connectivity index (χ2n) is 34.8. The SMILES string of the molecule is BrCC1CC=CCC1.C.C.C.CCOC(C)(OCC)P(=O)(CC1CC=CCC1)OCC.CCOP(=O)(CC1CC=CCC1)C[C@@H](O)CCl.CCO[P+](=O)C(C)(OCC)OCC.CCO[P+](=O)CC1CC=CCC1.C[C@H](N)c1ccc(Cl)c(Cl)c1.C[C@H](NC[C@H](O)CP(=O)(O)CC1CC=CCC1)c1ccc(Cl)c(Cl)c1.Cl.Cl.ClC[C@H]1CO1.[3H]C1CCC(CP(=O)(O)C[C@@H](O)CN[C@@H](C)c2ccc(Cl)c(Cl)c2)CC1[3H]. The van der Waals surface area contributed by atoms with Gasteiger partial charge in [-0.2, -0.15) is 0 Å². The molecule has 0 amide bonds. The number of hydrogen-bond acceptors (Lipinski definition) is 21. The first-order chi connectivity index (χ1) is 65.3. The number of allylic oxidation sites excluding steroid dienone is 10. The molecule has 0 spiro atoms. The van der Waals surface area contributed by atoms with Crippen LogP contribution in [-0.4, -0.2) is 200 Å². The molecule has 3 aromatic carbocycles. The molecular formula is C101H178BrCl10N3O20P6+2. The van der Waals surface area contributed by atoms with Gasteiger partial charge in [-0.25, -0.2) is 0 Å². The molecule has 40 heteroatoms. The van der Waals surface area contributed by atoms with E-state index in [1.807, 2.05) is 87.4 Å². The third-order valence-corrected chi connectivity index (χ3v) is 39.5. The number of halogens is 11. The quantitative estimate of drug-likeness (QED) is 0.00856. The summed E-state index contributed by atoms with van der Waals surface area (Å²) in [6.45, 7) is 28.9. The lowest BCUT2D eigenvalue weighted by Gasteiger charge is -2.38. The van der Waals surface area contributed by atoms with Crippen LogP contribution in [0.25, 0.3) is 0 Å². The van der Waals surface area contributed by atoms with Crippen LogP contribution in [-0.2, 0) is 69.2 Å². The molecule has 822 valence electrons. The molecule has 141 heavy (non-hydrogen) atoms. The van der Waals surface area contributed by atoms with Gasteiger partial charge in [0, 0.05) is 95.9 Å². The Morgan fingerprint density at radius 2 is 0.872 bits per heavy atom. The van der Waals surface area contributed by atoms with Crippen LogP contribution in [0.4, 0.5) is 0 Å². The third kappa shape index (κ3) is 65.5. The predicted molar refractivity (Wildman–Crippen MR) is 610 cm³/mol. The molecule has 0 radical (unpaired) electrons. The van der Waals surface area contributed by atoms with Crippen LogP contribution in [0.3, 0.4) is 0 Å². The number of ether oxygens (including phenoxy) is 5. The standard InChI is InChI=1S/C18H28Cl2NO3P.C18H26Cl2NO3P.C15H29O4P.C12H22ClO3P.C9H16O2P.C8H9Cl2N.C8H18O4P.C7H11Br.C3H5ClO.3CH4.2ClH/c2*1-13(15-7-8-17(19)18(20)9-15)21-10-16(22)12-25(23,24)11-14-5-3-2-4-6-14;1-5-17-15(4,18-6-2)20(16,19-7-3)13-14-11-9-8-10-12-14;1-2-16-17(15,10-12(14)8-13)9-11-6-4-3-5-7-11;1-2-11-12(10)8-9-6-4-3-5-7-9;1-5(11)6-2-3-7(9)8(10)4-6;1-5-10-8(4,11-6-2)13(9)12-7-3;8-6-7-4-2-1-3-5-7;4-1-3-2-5-3;;;;;/h7-9,13-14,16,21-22H,2-6,10-12H2,1H3,(H,23,24);2-3,7-9,13-14,16,21-22H,4-6,10-12H2,1H3,(H,23,24);8-9,14H,5-7,10-13H2,1-4H3;3-4,11-12,14H,2,5-10H2,1H3;3-4,9H,2,5-8H2,1H3;2-5H,11H2,1H3;5-7H2,1-4H3;1-2,7H,3-6H2;3H,1-2H2;3*1H4;2*1H/q;;;;+1;;+1;;;;;;;/t13-,16-;13-,14?,16-;;11?,12-,17?;;5-;;;3-;;;;;/m00.0.0..0...../s1/i2T,3T;;;;;;;;;;;;;/t2?,3?,13-,14?,16-;m;;;;m;;;;;;;;. The molecular weight excluding hydrogens is 2200 g/mol. The van der Waals surface area contributed by atoms with E-state index in [4.69, 9.17) is 143 Å². The van der Waals surface area contributed by atoms with E-state index in [0.717, 1.165) is 106 Å². The Morgan fingerprint density at radius 1 is 0.489 bits per heavy atom. The fourth-order valence-electron chi connectivity index (χ4n) is 15.4. The zero-order valence-electron chi connectivity index (χ0n) is 85.3. The summed E-state index contributed by atoms with van der Waals surface area (Å²) in [5.74, 6) is 3.32. The maximum Gasteiger partial charge on any atom is 0.575 e. The first kappa shape index (κ1) is 143. The summed E-state index contributed by atoms with van der Waals surface area (Å²) < 4.78 is 137. The largest absolute Gasteiger partial charge is 0.575 e. The van der Waals surface area contributed by atoms with Crippen LogP contribution < -0.4 is 16.4 Å². The smallest absolute Gasteiger partial charge is 0.391 e. The van der Waals surface area contributed by atoms with Gasteiger partial charge < -0.3 is 74.2 Å². The van der Waals surface area contributed by atoms with E-state index < -0.39 is 87.7 Å². The van der Waals surface area contributed by atoms with Gasteiger partial charge in [-0.15, -0.1) is 57.1 Å². The monoisotopic (exact) mass is 2370 g/mol. The predicted octanol–water partition coefficient (Wildman–Crippen LogP) is 31.9. The zero-order chi connectivity index (χ0) is 104. The van der Waals surface area contributed by atoms with Crippen molar-refractivity contribution in [2.24, 2.45) is 41.2 Å². The zero-order valence-corrected chi connectivity index (χ0v) is 97.9. The highest BCUT2D eigenvalue weighted by Crippen LogP contribution is 2.62. The number of nitrogens with two attached hydrogens (primary N) is 1. The van der Waals surface area contributed by atoms with Crippen molar-refractivity contribution in [3.63, 3.8) is 0 Å². The minimum Gasteiger partial charge on any atom is -0.391 e. The van der Waals surface area contributed by atoms with Crippen molar-refractivity contribution in [2.75, 3.05) is 139 Å². The molecule has 23 nitrogen and oxygen atoms in total. The lowest BCUT2D eigenvalue weighted by molar-refractivity contribution is -0.168. The number of alkyl halides is 3. The molecule has 2 fully saturated rings. The Bertz CT molecular complexity index is 4240. The van der Waals surface area contributed by atoms with E-state index in [1.54, 1.807) is 57.2 Å². The minimum absolute atomic E-state index is 0. The lowest BCUT2D eigenvalue weighted by atomic mass is 9.91. The van der Waals surface area contributed by atoms with E-state index in [1.165, 1.54) is 31.0 Å². The van der Waals surface area contributed by atoms with Crippen molar-refractivity contribution in [1.82, 2.24) is 10.6 Å². The Hall–Kier alpha value is 0.180. The van der Waals surface area contributed by atoms with Crippen molar-refractivity contribution < 1.29 is 97.0 Å². The van der Waals surface area contributed by atoms with Crippen molar-refractivity contribution in [3.8, 4) is 0 Å². The number of epoxide rings is 1. The molecule has 10 rings (SSSR count). The topological polar surface area (TPSA) is 340 Å². The van der Waals surface area contributed by atoms with E-state index in [-0.39, 0.29) is 127 Å². The maximum atomic E-state index is 13.4. The Balaban J connectivity index is -0.000000780. The van der Waals surface area contributed by atoms with E-state index in [9.17, 15) is 52.5 Å². The number of nitrogens with one attached hydrogen (secondary N) is 2. The van der Waals surface area contributed by atoms with E-state index in [0.29, 0.717) is 144 Å². The van der Waals surface area contributed by atoms with Gasteiger partial charge in [0.1, 0.15) is 0 Å². The summed E-state index contributed by atoms with van der Waals surface area (Å²) in [6.07, 6.45) is 39.0. The average Bonchev–Trinajstić information content (AvgIpc) is 1.14. The summed E-state index contributed by atoms with van der Waals surface area (Å²) in [6, 6.07) is 16.0. The molecule has 21 atom stereocenters. The van der Waals surface area contributed by atoms with Gasteiger partial charge in [0.2, 0.25) is 27.6 Å². The van der Waals surface area contributed by atoms with Crippen molar-refractivity contribution in [1.29, 1.82) is 0 Å². The molecule has 1 heterocycles. The molecule has 1 aliphatic heterocycles. The Kier molecular flexibility index (Phi) is 85.0. The van der Waals surface area contributed by atoms with Gasteiger partial charge in [0.05, 0.1) is 125 Å². The second kappa shape index (κ2) is 83.6. The fraction of sp³-hybridized carbons (Fsp3) is 0.723. The highest BCUT2D eigenvalue weighted by Gasteiger charge is 2.51. The maximum absolute atomic E-state index is 13.4. The second-order valence-corrected chi connectivity index (χ2v) is 51.6. The minimum atomic E-state index is -3.48. The third-order valence-electron chi connectivity index (χ3n) is 22.7. The van der Waals surface area contributed by atoms with Gasteiger partial charge in [-0.1, -0.05) is 206 Å². The number of aliphatic hydroxyl groups excluding tert-OH is 3. The summed E-state index contributed by atoms with van der Waals surface area (Å²) in [4.78, 5) is 20.5. The summed E-state index contributed by atoms with van der Waals surface area (Å²) in [5.41, 5.74) is 6.26. The lowest BCUT2D eigenvalue weighted by Crippen LogP contribution is -2.36. The average molecular weight is 2380 g/mol. The first-order valence-electron chi connectivity index (χ1n) is 49.3. The fourth-order valence-corrected chi connectivity index (χ4v) is 29.0. The van der Waals surface area contributed by atoms with Gasteiger partial charge in [0.15, 0.2) is 6.16 Å². The molecule has 3 aromatic rings. The van der Waals surface area contributed by atoms with Crippen LogP contribution in [0, 0.1) is 35.5 Å². The van der Waals surface area contributed by atoms with E-state index in [2.05, 4.69) is 87.3 Å². The van der Waals surface area contributed by atoms with Gasteiger partial charge in [-0.3, -0.25) is 18.3 Å². The first-order valence-corrected chi connectivity index (χ1v) is 63.0. The van der Waals surface area contributed by atoms with Gasteiger partial charge in [0.25, 0.3) is 7.37 Å². The summed E-state index contributed by atoms with van der Waals surface area (Å²) in [5, 5.41) is 40.4. The van der Waals surface area contributed by atoms with Crippen LogP contribution >= 0.6 is 179 Å². The van der Waals surface area contributed by atoms with Crippen LogP contribution in [0.1, 0.15) is 278 Å². The number of benzene rings is 3. The van der Waals surface area contributed by atoms with Crippen LogP contribution in [0.5, 0.6) is 0 Å². The molecule has 14 unspecified atom stereocenters. The van der Waals surface area contributed by atoms with E-state index >= 15 is 0 Å². The van der Waals surface area contributed by atoms with Crippen LogP contribution in [0.2, 0.25) is 30.1 Å². The molecule has 7 aliphatic rings. The van der Waals surface area contributed by atoms with Crippen molar-refractivity contribution in [2.45, 2.75) is 294 Å². The molecule has 9 N–H and O–H groups in total. The highest BCUT2D eigenvalue weighted by atomic mass is 79.9. The summed E-state index contributed by atoms with van der Waals surface area (Å²) in [7, 11) is -15.9. The Morgan fingerprint density at radius 3 is 1.21 bits per heavy atom. The molecule has 1 saturated carbocycles. The number of aliphatic hydroxyl groups is 3. The summed E-state index contributed by atoms with van der Waals surface area (Å²) >= 11 is 49.6. The molecule has 0 bridgehead atoms. The number of rotatable bonds is 46. The normalized spacial score (nSPS) is 22.7. The highest BCUT2D eigenvalue weighted by molar-refractivity contribution is 9.09. The Labute approximate surface area is 915 Å². The van der Waals surface area contributed by atoms with Crippen LogP contribution in [0.15, 0.2) is 115 Å². The molecule has 0 aromatic heterocycles. The molecule has 1 saturated heterocycles. The van der Waals surface area contributed by atoms with Gasteiger partial charge >= 0.3 is 21.6 Å². The van der Waals surface area contributed by atoms with Gasteiger partial charge in [-0.05, 0) is 284 Å². The molecule has 6 aliphatic carbocycles. The number of hydrogen-bond donors (Lipinski definition) is 8. The van der Waals surface area contributed by atoms with Crippen molar-refractivity contribution in [3.05, 3.63) is 162 Å².